The highest BCUT2D eigenvalue weighted by atomic mass is 32.2. The van der Waals surface area contributed by atoms with Gasteiger partial charge in [-0.1, -0.05) is 0 Å². The van der Waals surface area contributed by atoms with Crippen molar-refractivity contribution in [3.63, 3.8) is 0 Å². The molecule has 0 fully saturated rings. The number of ether oxygens (including phenoxy) is 6. The molecule has 158 valence electrons. The third-order valence-electron chi connectivity index (χ3n) is 2.92. The average Bonchev–Trinajstić information content (AvgIpc) is 2.58. The van der Waals surface area contributed by atoms with Crippen molar-refractivity contribution in [2.75, 3.05) is 40.7 Å². The van der Waals surface area contributed by atoms with Gasteiger partial charge >= 0.3 is 17.9 Å². The van der Waals surface area contributed by atoms with E-state index >= 15 is 0 Å². The van der Waals surface area contributed by atoms with Crippen LogP contribution in [-0.4, -0.2) is 76.8 Å². The molecule has 0 spiro atoms. The van der Waals surface area contributed by atoms with Crippen LogP contribution in [0.3, 0.4) is 0 Å². The van der Waals surface area contributed by atoms with Crippen LogP contribution in [0.25, 0.3) is 0 Å². The second kappa shape index (κ2) is 13.4. The van der Waals surface area contributed by atoms with E-state index in [0.717, 1.165) is 0 Å². The summed E-state index contributed by atoms with van der Waals surface area (Å²) >= 11 is 0. The number of rotatable bonds is 14. The largest absolute Gasteiger partial charge is 0.438 e. The molecule has 13 heteroatoms. The molecule has 0 aliphatic rings. The van der Waals surface area contributed by atoms with Crippen molar-refractivity contribution < 1.29 is 55.8 Å². The summed E-state index contributed by atoms with van der Waals surface area (Å²) in [5.74, 6) is -5.79. The summed E-state index contributed by atoms with van der Waals surface area (Å²) < 4.78 is 60.7. The van der Waals surface area contributed by atoms with Crippen molar-refractivity contribution in [1.82, 2.24) is 0 Å². The Morgan fingerprint density at radius 3 is 1.85 bits per heavy atom. The molecule has 0 bridgehead atoms. The summed E-state index contributed by atoms with van der Waals surface area (Å²) in [5.41, 5.74) is 0. The van der Waals surface area contributed by atoms with Crippen molar-refractivity contribution >= 4 is 28.0 Å². The molecule has 0 radical (unpaired) electrons. The third-order valence-corrected chi connectivity index (χ3v) is 4.09. The van der Waals surface area contributed by atoms with Crippen LogP contribution < -0.4 is 0 Å². The first-order valence-electron chi connectivity index (χ1n) is 7.78. The number of carbonyl (C=O) groups is 3. The van der Waals surface area contributed by atoms with E-state index in [-0.39, 0.29) is 13.2 Å². The molecule has 0 heterocycles. The van der Waals surface area contributed by atoms with Crippen LogP contribution in [0.2, 0.25) is 0 Å². The van der Waals surface area contributed by atoms with E-state index in [1.165, 1.54) is 7.11 Å². The van der Waals surface area contributed by atoms with Crippen molar-refractivity contribution in [3.05, 3.63) is 0 Å². The molecule has 0 aliphatic carbocycles. The number of hydrogen-bond donors (Lipinski definition) is 1. The van der Waals surface area contributed by atoms with Gasteiger partial charge in [0.1, 0.15) is 0 Å². The van der Waals surface area contributed by atoms with E-state index in [0.29, 0.717) is 0 Å². The molecule has 1 N–H and O–H groups in total. The second-order valence-corrected chi connectivity index (χ2v) is 6.35. The first-order chi connectivity index (χ1) is 12.7. The molecule has 0 aromatic carbocycles. The first-order valence-corrected chi connectivity index (χ1v) is 9.28. The van der Waals surface area contributed by atoms with Gasteiger partial charge in [0.2, 0.25) is 0 Å². The summed E-state index contributed by atoms with van der Waals surface area (Å²) in [7, 11) is -3.92. The lowest BCUT2D eigenvalue weighted by molar-refractivity contribution is -0.171. The van der Waals surface area contributed by atoms with Gasteiger partial charge in [-0.15, -0.1) is 0 Å². The fourth-order valence-electron chi connectivity index (χ4n) is 1.73. The molecule has 0 saturated carbocycles. The number of esters is 3. The quantitative estimate of drug-likeness (QED) is 0.127. The fraction of sp³-hybridized carbons (Fsp3) is 0.786. The zero-order valence-electron chi connectivity index (χ0n) is 15.2. The predicted octanol–water partition coefficient (Wildman–Crippen LogP) is -0.529. The molecule has 12 nitrogen and oxygen atoms in total. The molecule has 0 amide bonds. The van der Waals surface area contributed by atoms with Crippen molar-refractivity contribution in [3.8, 4) is 0 Å². The van der Waals surface area contributed by atoms with Crippen LogP contribution in [0.4, 0.5) is 0 Å². The van der Waals surface area contributed by atoms with Crippen LogP contribution >= 0.6 is 0 Å². The summed E-state index contributed by atoms with van der Waals surface area (Å²) in [6, 6.07) is 0. The predicted molar refractivity (Wildman–Crippen MR) is 86.6 cm³/mol. The SMILES string of the molecule is CCOCOC(=O)C(CC(=O)OCOC)C(C(=O)OCOCC)S(=O)(=O)O. The van der Waals surface area contributed by atoms with E-state index < -0.39 is 66.0 Å². The smallest absolute Gasteiger partial charge is 0.329 e. The molecule has 0 rings (SSSR count). The van der Waals surface area contributed by atoms with Gasteiger partial charge in [0.25, 0.3) is 10.1 Å². The van der Waals surface area contributed by atoms with Crippen LogP contribution in [0.15, 0.2) is 0 Å². The van der Waals surface area contributed by atoms with Gasteiger partial charge in [0, 0.05) is 20.3 Å². The van der Waals surface area contributed by atoms with E-state index in [9.17, 15) is 27.4 Å². The lowest BCUT2D eigenvalue weighted by Crippen LogP contribution is -2.44. The van der Waals surface area contributed by atoms with Crippen LogP contribution in [0.1, 0.15) is 20.3 Å². The number of methoxy groups -OCH3 is 1. The van der Waals surface area contributed by atoms with Gasteiger partial charge in [-0.25, -0.2) is 0 Å². The highest BCUT2D eigenvalue weighted by Crippen LogP contribution is 2.21. The number of hydrogen-bond acceptors (Lipinski definition) is 11. The van der Waals surface area contributed by atoms with Gasteiger partial charge in [0.15, 0.2) is 25.6 Å². The Bertz CT molecular complexity index is 573. The molecule has 2 unspecified atom stereocenters. The van der Waals surface area contributed by atoms with Gasteiger partial charge in [0.05, 0.1) is 12.3 Å². The van der Waals surface area contributed by atoms with Gasteiger partial charge in [-0.2, -0.15) is 8.42 Å². The number of carbonyl (C=O) groups excluding carboxylic acids is 3. The Morgan fingerprint density at radius 2 is 1.41 bits per heavy atom. The minimum atomic E-state index is -5.15. The highest BCUT2D eigenvalue weighted by molar-refractivity contribution is 7.87. The Morgan fingerprint density at radius 1 is 0.889 bits per heavy atom. The molecule has 0 saturated heterocycles. The van der Waals surface area contributed by atoms with Gasteiger partial charge in [-0.05, 0) is 13.8 Å². The molecule has 0 aromatic heterocycles. The van der Waals surface area contributed by atoms with E-state index in [2.05, 4.69) is 18.9 Å². The highest BCUT2D eigenvalue weighted by Gasteiger charge is 2.46. The summed E-state index contributed by atoms with van der Waals surface area (Å²) in [4.78, 5) is 36.0. The molecule has 0 aromatic rings. The minimum Gasteiger partial charge on any atom is -0.438 e. The summed E-state index contributed by atoms with van der Waals surface area (Å²) in [5, 5.41) is -2.43. The molecule has 27 heavy (non-hydrogen) atoms. The second-order valence-electron chi connectivity index (χ2n) is 4.82. The minimum absolute atomic E-state index is 0.160. The van der Waals surface area contributed by atoms with Gasteiger partial charge < -0.3 is 28.4 Å². The van der Waals surface area contributed by atoms with Gasteiger partial charge in [-0.3, -0.25) is 18.9 Å². The van der Waals surface area contributed by atoms with Crippen molar-refractivity contribution in [2.45, 2.75) is 25.5 Å². The maximum Gasteiger partial charge on any atom is 0.329 e. The molecule has 2 atom stereocenters. The maximum atomic E-state index is 12.2. The normalized spacial score (nSPS) is 13.5. The monoisotopic (exact) mass is 416 g/mol. The topological polar surface area (TPSA) is 161 Å². The Hall–Kier alpha value is -1.80. The third kappa shape index (κ3) is 10.2. The lowest BCUT2D eigenvalue weighted by atomic mass is 10.0. The Labute approximate surface area is 156 Å². The Balaban J connectivity index is 5.51. The average molecular weight is 416 g/mol. The Kier molecular flexibility index (Phi) is 12.5. The van der Waals surface area contributed by atoms with Crippen molar-refractivity contribution in [2.24, 2.45) is 5.92 Å². The first kappa shape index (κ1) is 25.2. The summed E-state index contributed by atoms with van der Waals surface area (Å²) in [6.45, 7) is 1.92. The van der Waals surface area contributed by atoms with E-state index in [1.54, 1.807) is 13.8 Å². The zero-order valence-corrected chi connectivity index (χ0v) is 16.1. The summed E-state index contributed by atoms with van der Waals surface area (Å²) in [6.07, 6.45) is -0.900. The maximum absolute atomic E-state index is 12.2. The van der Waals surface area contributed by atoms with Crippen LogP contribution in [0.5, 0.6) is 0 Å². The van der Waals surface area contributed by atoms with E-state index in [1.807, 2.05) is 0 Å². The van der Waals surface area contributed by atoms with Crippen LogP contribution in [-0.2, 0) is 52.9 Å². The molecular weight excluding hydrogens is 392 g/mol. The fourth-order valence-corrected chi connectivity index (χ4v) is 2.66. The lowest BCUT2D eigenvalue weighted by Gasteiger charge is -2.21. The molecule has 0 aliphatic heterocycles. The van der Waals surface area contributed by atoms with E-state index in [4.69, 9.17) is 9.47 Å². The zero-order chi connectivity index (χ0) is 20.9. The molecular formula is C14H24O12S. The van der Waals surface area contributed by atoms with Crippen LogP contribution in [0, 0.1) is 5.92 Å². The van der Waals surface area contributed by atoms with Crippen molar-refractivity contribution in [1.29, 1.82) is 0 Å². The standard InChI is InChI=1S/C14H24O12S/c1-4-22-8-25-13(16)10(6-11(15)24-7-21-3)12(27(18,19)20)14(17)26-9-23-5-2/h10,12H,4-9H2,1-3H3,(H,18,19,20).